The number of aromatic nitrogens is 2. The van der Waals surface area contributed by atoms with Crippen LogP contribution in [0.2, 0.25) is 0 Å². The summed E-state index contributed by atoms with van der Waals surface area (Å²) < 4.78 is 11.2. The Bertz CT molecular complexity index is 1710. The van der Waals surface area contributed by atoms with Crippen LogP contribution in [0, 0.1) is 0 Å². The van der Waals surface area contributed by atoms with Gasteiger partial charge in [-0.15, -0.1) is 0 Å². The van der Waals surface area contributed by atoms with Gasteiger partial charge in [-0.05, 0) is 72.8 Å². The summed E-state index contributed by atoms with van der Waals surface area (Å²) in [6.07, 6.45) is 1.66. The van der Waals surface area contributed by atoms with Gasteiger partial charge in [-0.25, -0.2) is 14.8 Å². The highest BCUT2D eigenvalue weighted by Crippen LogP contribution is 2.32. The molecule has 2 N–H and O–H groups in total. The van der Waals surface area contributed by atoms with Crippen LogP contribution >= 0.6 is 0 Å². The van der Waals surface area contributed by atoms with Crippen molar-refractivity contribution in [3.63, 3.8) is 0 Å². The van der Waals surface area contributed by atoms with Crippen LogP contribution in [0.5, 0.6) is 0 Å². The van der Waals surface area contributed by atoms with Crippen molar-refractivity contribution in [1.29, 1.82) is 0 Å². The van der Waals surface area contributed by atoms with Gasteiger partial charge in [-0.1, -0.05) is 6.07 Å². The number of hydrogen-bond donors (Lipinski definition) is 2. The summed E-state index contributed by atoms with van der Waals surface area (Å²) in [5.41, 5.74) is 4.32. The standard InChI is InChI=1S/C32H30N6O4/c1-37(2)31(39)22-7-12-25(13-8-22)34-32(40)33-24-10-5-21(6-11-24)29-35-27-20-23(28-4-3-17-42-28)9-14-26(27)30(36-29)38-15-18-41-19-16-38/h3-14,17,20H,15-16,18-19H2,1-2H3,(H2,33,34,40). The van der Waals surface area contributed by atoms with Gasteiger partial charge in [0.15, 0.2) is 5.82 Å². The maximum absolute atomic E-state index is 12.6. The lowest BCUT2D eigenvalue weighted by molar-refractivity contribution is 0.0827. The van der Waals surface area contributed by atoms with E-state index in [-0.39, 0.29) is 5.91 Å². The van der Waals surface area contributed by atoms with E-state index in [0.717, 1.165) is 46.7 Å². The lowest BCUT2D eigenvalue weighted by atomic mass is 10.1. The topological polar surface area (TPSA) is 113 Å². The van der Waals surface area contributed by atoms with E-state index in [1.165, 1.54) is 4.90 Å². The van der Waals surface area contributed by atoms with Gasteiger partial charge in [0.25, 0.3) is 5.91 Å². The van der Waals surface area contributed by atoms with Crippen LogP contribution in [0.1, 0.15) is 10.4 Å². The number of nitrogens with zero attached hydrogens (tertiary/aromatic N) is 4. The third-order valence-electron chi connectivity index (χ3n) is 6.99. The number of urea groups is 1. The van der Waals surface area contributed by atoms with Crippen LogP contribution in [0.3, 0.4) is 0 Å². The van der Waals surface area contributed by atoms with Crippen LogP contribution in [0.15, 0.2) is 89.5 Å². The molecule has 0 unspecified atom stereocenters. The summed E-state index contributed by atoms with van der Waals surface area (Å²) in [5, 5.41) is 6.59. The Kier molecular flexibility index (Phi) is 7.52. The molecule has 0 aliphatic carbocycles. The van der Waals surface area contributed by atoms with Crippen molar-refractivity contribution in [2.24, 2.45) is 0 Å². The molecule has 0 saturated carbocycles. The zero-order valence-electron chi connectivity index (χ0n) is 23.3. The number of morpholine rings is 1. The van der Waals surface area contributed by atoms with Crippen LogP contribution in [-0.2, 0) is 4.74 Å². The average molecular weight is 563 g/mol. The molecule has 5 aromatic rings. The number of carbonyl (C=O) groups excluding carboxylic acids is 2. The van der Waals surface area contributed by atoms with Crippen molar-refractivity contribution < 1.29 is 18.7 Å². The first-order chi connectivity index (χ1) is 20.4. The van der Waals surface area contributed by atoms with E-state index in [9.17, 15) is 9.59 Å². The van der Waals surface area contributed by atoms with Gasteiger partial charge in [0.2, 0.25) is 0 Å². The van der Waals surface area contributed by atoms with Crippen molar-refractivity contribution in [1.82, 2.24) is 14.9 Å². The summed E-state index contributed by atoms with van der Waals surface area (Å²) in [7, 11) is 3.39. The van der Waals surface area contributed by atoms with E-state index in [1.54, 1.807) is 44.6 Å². The smallest absolute Gasteiger partial charge is 0.323 e. The number of nitrogens with one attached hydrogen (secondary N) is 2. The second kappa shape index (κ2) is 11.7. The van der Waals surface area contributed by atoms with Gasteiger partial charge in [0, 0.05) is 60.6 Å². The summed E-state index contributed by atoms with van der Waals surface area (Å²) >= 11 is 0. The number of ether oxygens (including phenoxy) is 1. The maximum Gasteiger partial charge on any atom is 0.323 e. The fourth-order valence-corrected chi connectivity index (χ4v) is 4.80. The van der Waals surface area contributed by atoms with E-state index >= 15 is 0 Å². The Labute approximate surface area is 242 Å². The largest absolute Gasteiger partial charge is 0.464 e. The third-order valence-corrected chi connectivity index (χ3v) is 6.99. The molecule has 42 heavy (non-hydrogen) atoms. The molecule has 0 bridgehead atoms. The minimum atomic E-state index is -0.392. The second-order valence-corrected chi connectivity index (χ2v) is 10.1. The fourth-order valence-electron chi connectivity index (χ4n) is 4.80. The number of carbonyl (C=O) groups is 2. The first-order valence-corrected chi connectivity index (χ1v) is 13.6. The molecule has 1 saturated heterocycles. The molecule has 10 nitrogen and oxygen atoms in total. The molecule has 0 spiro atoms. The molecule has 2 aromatic heterocycles. The fraction of sp³-hybridized carbons (Fsp3) is 0.188. The summed E-state index contributed by atoms with van der Waals surface area (Å²) in [5.74, 6) is 2.13. The van der Waals surface area contributed by atoms with Crippen molar-refractivity contribution in [2.45, 2.75) is 0 Å². The Hall–Kier alpha value is -5.22. The molecule has 212 valence electrons. The average Bonchev–Trinajstić information content (AvgIpc) is 3.56. The predicted molar refractivity (Wildman–Crippen MR) is 163 cm³/mol. The Morgan fingerprint density at radius 1 is 0.833 bits per heavy atom. The van der Waals surface area contributed by atoms with E-state index in [4.69, 9.17) is 19.1 Å². The highest BCUT2D eigenvalue weighted by Gasteiger charge is 2.19. The van der Waals surface area contributed by atoms with Gasteiger partial charge < -0.3 is 29.6 Å². The molecule has 6 rings (SSSR count). The molecule has 3 aromatic carbocycles. The monoisotopic (exact) mass is 562 g/mol. The molecule has 0 atom stereocenters. The van der Waals surface area contributed by atoms with Crippen LogP contribution in [0.25, 0.3) is 33.6 Å². The van der Waals surface area contributed by atoms with E-state index in [1.807, 2.05) is 54.6 Å². The number of hydrogen-bond acceptors (Lipinski definition) is 7. The Morgan fingerprint density at radius 2 is 1.50 bits per heavy atom. The zero-order valence-corrected chi connectivity index (χ0v) is 23.3. The minimum Gasteiger partial charge on any atom is -0.464 e. The first kappa shape index (κ1) is 27.0. The molecule has 1 aliphatic rings. The quantitative estimate of drug-likeness (QED) is 0.271. The lowest BCUT2D eigenvalue weighted by Gasteiger charge is -2.29. The van der Waals surface area contributed by atoms with Crippen LogP contribution < -0.4 is 15.5 Å². The highest BCUT2D eigenvalue weighted by atomic mass is 16.5. The first-order valence-electron chi connectivity index (χ1n) is 13.6. The van der Waals surface area contributed by atoms with Gasteiger partial charge in [-0.2, -0.15) is 0 Å². The van der Waals surface area contributed by atoms with Gasteiger partial charge >= 0.3 is 6.03 Å². The van der Waals surface area contributed by atoms with E-state index in [2.05, 4.69) is 15.5 Å². The van der Waals surface area contributed by atoms with Crippen molar-refractivity contribution in [3.05, 3.63) is 90.7 Å². The van der Waals surface area contributed by atoms with Crippen molar-refractivity contribution in [2.75, 3.05) is 55.9 Å². The van der Waals surface area contributed by atoms with E-state index in [0.29, 0.717) is 36.0 Å². The molecule has 3 heterocycles. The molecular formula is C32H30N6O4. The van der Waals surface area contributed by atoms with Gasteiger partial charge in [-0.3, -0.25) is 4.79 Å². The SMILES string of the molecule is CN(C)C(=O)c1ccc(NC(=O)Nc2ccc(-c3nc(N4CCOCC4)c4ccc(-c5ccco5)cc4n3)cc2)cc1. The number of furan rings is 1. The number of fused-ring (bicyclic) bond motifs is 1. The number of benzene rings is 3. The van der Waals surface area contributed by atoms with Crippen LogP contribution in [0.4, 0.5) is 22.0 Å². The summed E-state index contributed by atoms with van der Waals surface area (Å²) in [6.45, 7) is 2.79. The Morgan fingerprint density at radius 3 is 2.14 bits per heavy atom. The minimum absolute atomic E-state index is 0.100. The number of rotatable bonds is 6. The van der Waals surface area contributed by atoms with Crippen molar-refractivity contribution in [3.8, 4) is 22.7 Å². The van der Waals surface area contributed by atoms with Gasteiger partial charge in [0.1, 0.15) is 11.6 Å². The zero-order chi connectivity index (χ0) is 29.1. The predicted octanol–water partition coefficient (Wildman–Crippen LogP) is 5.74. The van der Waals surface area contributed by atoms with Gasteiger partial charge in [0.05, 0.1) is 25.0 Å². The molecule has 1 aliphatic heterocycles. The molecular weight excluding hydrogens is 532 g/mol. The Balaban J connectivity index is 1.22. The van der Waals surface area contributed by atoms with Crippen molar-refractivity contribution >= 4 is 40.0 Å². The third kappa shape index (κ3) is 5.79. The summed E-state index contributed by atoms with van der Waals surface area (Å²) in [4.78, 5) is 38.3. The normalized spacial score (nSPS) is 13.1. The summed E-state index contributed by atoms with van der Waals surface area (Å²) in [6, 6.07) is 23.6. The number of amides is 3. The molecule has 1 fully saturated rings. The molecule has 0 radical (unpaired) electrons. The number of anilines is 3. The lowest BCUT2D eigenvalue weighted by Crippen LogP contribution is -2.37. The highest BCUT2D eigenvalue weighted by molar-refractivity contribution is 6.00. The molecule has 3 amide bonds. The van der Waals surface area contributed by atoms with E-state index < -0.39 is 6.03 Å². The maximum atomic E-state index is 12.6. The molecule has 10 heteroatoms. The van der Waals surface area contributed by atoms with Crippen LogP contribution in [-0.4, -0.2) is 67.2 Å². The second-order valence-electron chi connectivity index (χ2n) is 10.1.